The Balaban J connectivity index is 1.85. The second-order valence-electron chi connectivity index (χ2n) is 5.68. The van der Waals surface area contributed by atoms with Crippen molar-refractivity contribution in [3.8, 4) is 11.5 Å². The molecule has 0 unspecified atom stereocenters. The van der Waals surface area contributed by atoms with E-state index in [0.29, 0.717) is 5.92 Å². The van der Waals surface area contributed by atoms with E-state index in [9.17, 15) is 0 Å². The molecule has 3 rings (SSSR count). The van der Waals surface area contributed by atoms with E-state index >= 15 is 0 Å². The predicted molar refractivity (Wildman–Crippen MR) is 76.0 cm³/mol. The van der Waals surface area contributed by atoms with Crippen molar-refractivity contribution in [2.45, 2.75) is 37.6 Å². The normalized spacial score (nSPS) is 29.9. The first-order valence-corrected chi connectivity index (χ1v) is 7.29. The quantitative estimate of drug-likeness (QED) is 0.907. The molecule has 3 heteroatoms. The summed E-state index contributed by atoms with van der Waals surface area (Å²) in [4.78, 5) is 0. The molecule has 1 saturated heterocycles. The van der Waals surface area contributed by atoms with Crippen molar-refractivity contribution in [1.82, 2.24) is 5.32 Å². The molecule has 0 spiro atoms. The minimum atomic E-state index is 0.630. The van der Waals surface area contributed by atoms with Gasteiger partial charge in [-0.15, -0.1) is 0 Å². The van der Waals surface area contributed by atoms with Gasteiger partial charge in [0.25, 0.3) is 0 Å². The lowest BCUT2D eigenvalue weighted by Gasteiger charge is -2.28. The van der Waals surface area contributed by atoms with E-state index in [2.05, 4.69) is 17.4 Å². The average Bonchev–Trinajstić information content (AvgIpc) is 2.90. The Hall–Kier alpha value is -1.22. The summed E-state index contributed by atoms with van der Waals surface area (Å²) in [6, 6.07) is 7.11. The second-order valence-corrected chi connectivity index (χ2v) is 5.68. The zero-order chi connectivity index (χ0) is 13.2. The van der Waals surface area contributed by atoms with Crippen molar-refractivity contribution < 1.29 is 9.47 Å². The lowest BCUT2D eigenvalue weighted by Crippen LogP contribution is -2.29. The maximum Gasteiger partial charge on any atom is 0.160 e. The summed E-state index contributed by atoms with van der Waals surface area (Å²) in [6.45, 7) is 1.10. The number of hydrogen-bond acceptors (Lipinski definition) is 3. The number of hydrogen-bond donors (Lipinski definition) is 1. The van der Waals surface area contributed by atoms with Crippen molar-refractivity contribution in [2.75, 3.05) is 20.8 Å². The van der Waals surface area contributed by atoms with Gasteiger partial charge in [-0.05, 0) is 36.5 Å². The van der Waals surface area contributed by atoms with E-state index in [0.717, 1.165) is 30.0 Å². The minimum Gasteiger partial charge on any atom is -0.493 e. The van der Waals surface area contributed by atoms with Crippen molar-refractivity contribution in [3.63, 3.8) is 0 Å². The lowest BCUT2D eigenvalue weighted by molar-refractivity contribution is 0.307. The van der Waals surface area contributed by atoms with Crippen molar-refractivity contribution in [1.29, 1.82) is 0 Å². The molecule has 1 heterocycles. The summed E-state index contributed by atoms with van der Waals surface area (Å²) in [7, 11) is 3.39. The van der Waals surface area contributed by atoms with Crippen LogP contribution in [0.4, 0.5) is 0 Å². The molecule has 1 N–H and O–H groups in total. The number of ether oxygens (including phenoxy) is 2. The SMILES string of the molecule is COc1ccc([C@H]2CN[C@H]3CCCC[C@@H]32)cc1OC. The predicted octanol–water partition coefficient (Wildman–Crippen LogP) is 2.95. The molecule has 3 atom stereocenters. The maximum absolute atomic E-state index is 5.43. The third-order valence-corrected chi connectivity index (χ3v) is 4.77. The molecule has 1 aliphatic heterocycles. The van der Waals surface area contributed by atoms with Gasteiger partial charge in [0.2, 0.25) is 0 Å². The van der Waals surface area contributed by atoms with Crippen LogP contribution in [0.1, 0.15) is 37.2 Å². The van der Waals surface area contributed by atoms with Crippen molar-refractivity contribution in [2.24, 2.45) is 5.92 Å². The molecule has 1 aromatic carbocycles. The monoisotopic (exact) mass is 261 g/mol. The average molecular weight is 261 g/mol. The minimum absolute atomic E-state index is 0.630. The Morgan fingerprint density at radius 3 is 2.63 bits per heavy atom. The first-order chi connectivity index (χ1) is 9.33. The van der Waals surface area contributed by atoms with E-state index in [1.54, 1.807) is 14.2 Å². The molecular weight excluding hydrogens is 238 g/mol. The molecule has 1 aliphatic carbocycles. The van der Waals surface area contributed by atoms with Gasteiger partial charge >= 0.3 is 0 Å². The van der Waals surface area contributed by atoms with Crippen molar-refractivity contribution in [3.05, 3.63) is 23.8 Å². The molecule has 1 saturated carbocycles. The summed E-state index contributed by atoms with van der Waals surface area (Å²) in [6.07, 6.45) is 5.46. The smallest absolute Gasteiger partial charge is 0.160 e. The maximum atomic E-state index is 5.43. The molecule has 0 radical (unpaired) electrons. The van der Waals surface area contributed by atoms with Crippen LogP contribution in [-0.2, 0) is 0 Å². The molecule has 3 nitrogen and oxygen atoms in total. The zero-order valence-electron chi connectivity index (χ0n) is 11.8. The van der Waals surface area contributed by atoms with E-state index in [1.165, 1.54) is 31.2 Å². The molecule has 19 heavy (non-hydrogen) atoms. The first kappa shape index (κ1) is 12.8. The largest absolute Gasteiger partial charge is 0.493 e. The van der Waals surface area contributed by atoms with E-state index in [-0.39, 0.29) is 0 Å². The van der Waals surface area contributed by atoms with Gasteiger partial charge in [-0.1, -0.05) is 18.9 Å². The van der Waals surface area contributed by atoms with Crippen LogP contribution in [-0.4, -0.2) is 26.8 Å². The standard InChI is InChI=1S/C16H23NO2/c1-18-15-8-7-11(9-16(15)19-2)13-10-17-14-6-4-3-5-12(13)14/h7-9,12-14,17H,3-6,10H2,1-2H3/t12-,13-,14+/m1/s1. The Morgan fingerprint density at radius 2 is 1.84 bits per heavy atom. The molecular formula is C16H23NO2. The topological polar surface area (TPSA) is 30.5 Å². The summed E-state index contributed by atoms with van der Waals surface area (Å²) < 4.78 is 10.7. The third kappa shape index (κ3) is 2.32. The second kappa shape index (κ2) is 5.41. The fraction of sp³-hybridized carbons (Fsp3) is 0.625. The van der Waals surface area contributed by atoms with Crippen LogP contribution in [0.15, 0.2) is 18.2 Å². The van der Waals surface area contributed by atoms with Crippen LogP contribution in [0, 0.1) is 5.92 Å². The van der Waals surface area contributed by atoms with E-state index in [1.807, 2.05) is 6.07 Å². The summed E-state index contributed by atoms with van der Waals surface area (Å²) in [5, 5.41) is 3.70. The Kier molecular flexibility index (Phi) is 3.65. The van der Waals surface area contributed by atoms with Gasteiger partial charge in [0.1, 0.15) is 0 Å². The number of benzene rings is 1. The highest BCUT2D eigenvalue weighted by Gasteiger charge is 2.37. The van der Waals surface area contributed by atoms with Crippen LogP contribution >= 0.6 is 0 Å². The third-order valence-electron chi connectivity index (χ3n) is 4.77. The molecule has 2 fully saturated rings. The number of fused-ring (bicyclic) bond motifs is 1. The van der Waals surface area contributed by atoms with Gasteiger partial charge in [-0.2, -0.15) is 0 Å². The van der Waals surface area contributed by atoms with Crippen LogP contribution in [0.2, 0.25) is 0 Å². The van der Waals surface area contributed by atoms with Gasteiger partial charge in [-0.25, -0.2) is 0 Å². The molecule has 1 aromatic rings. The molecule has 104 valence electrons. The fourth-order valence-corrected chi connectivity index (χ4v) is 3.77. The Labute approximate surface area is 115 Å². The van der Waals surface area contributed by atoms with Gasteiger partial charge in [0.05, 0.1) is 14.2 Å². The van der Waals surface area contributed by atoms with Gasteiger partial charge in [-0.3, -0.25) is 0 Å². The van der Waals surface area contributed by atoms with Gasteiger partial charge in [0, 0.05) is 18.5 Å². The van der Waals surface area contributed by atoms with Gasteiger partial charge < -0.3 is 14.8 Å². The molecule has 0 amide bonds. The van der Waals surface area contributed by atoms with Crippen LogP contribution in [0.5, 0.6) is 11.5 Å². The van der Waals surface area contributed by atoms with E-state index < -0.39 is 0 Å². The highest BCUT2D eigenvalue weighted by Crippen LogP contribution is 2.42. The fourth-order valence-electron chi connectivity index (χ4n) is 3.77. The van der Waals surface area contributed by atoms with E-state index in [4.69, 9.17) is 9.47 Å². The molecule has 0 bridgehead atoms. The lowest BCUT2D eigenvalue weighted by atomic mass is 9.77. The summed E-state index contributed by atoms with van der Waals surface area (Å²) >= 11 is 0. The highest BCUT2D eigenvalue weighted by molar-refractivity contribution is 5.44. The zero-order valence-corrected chi connectivity index (χ0v) is 11.8. The van der Waals surface area contributed by atoms with Gasteiger partial charge in [0.15, 0.2) is 11.5 Å². The number of methoxy groups -OCH3 is 2. The number of nitrogens with one attached hydrogen (secondary N) is 1. The summed E-state index contributed by atoms with van der Waals surface area (Å²) in [5.74, 6) is 3.09. The van der Waals surface area contributed by atoms with Crippen LogP contribution in [0.3, 0.4) is 0 Å². The number of rotatable bonds is 3. The molecule has 0 aromatic heterocycles. The Morgan fingerprint density at radius 1 is 1.05 bits per heavy atom. The molecule has 2 aliphatic rings. The summed E-state index contributed by atoms with van der Waals surface area (Å²) in [5.41, 5.74) is 1.39. The highest BCUT2D eigenvalue weighted by atomic mass is 16.5. The van der Waals surface area contributed by atoms with Crippen LogP contribution in [0.25, 0.3) is 0 Å². The van der Waals surface area contributed by atoms with Crippen LogP contribution < -0.4 is 14.8 Å². The first-order valence-electron chi connectivity index (χ1n) is 7.29. The van der Waals surface area contributed by atoms with Crippen molar-refractivity contribution >= 4 is 0 Å². The Bertz CT molecular complexity index is 446.